The lowest BCUT2D eigenvalue weighted by Crippen LogP contribution is -2.44. The zero-order valence-electron chi connectivity index (χ0n) is 11.1. The summed E-state index contributed by atoms with van der Waals surface area (Å²) in [6.45, 7) is 6.94. The van der Waals surface area contributed by atoms with E-state index < -0.39 is 11.6 Å². The van der Waals surface area contributed by atoms with Crippen molar-refractivity contribution in [2.45, 2.75) is 13.0 Å². The maximum absolute atomic E-state index is 13.0. The fourth-order valence-electron chi connectivity index (χ4n) is 2.24. The molecule has 1 aromatic rings. The standard InChI is InChI=1S/C14H21F2N3/c15-13-3-2-12(10-14(13)16)11-18-4-1-7-19-8-5-17-6-9-19/h2-3,10,17-18H,1,4-9,11H2. The van der Waals surface area contributed by atoms with Gasteiger partial charge in [0.1, 0.15) is 0 Å². The summed E-state index contributed by atoms with van der Waals surface area (Å²) in [5, 5.41) is 6.58. The van der Waals surface area contributed by atoms with Crippen LogP contribution in [0.2, 0.25) is 0 Å². The van der Waals surface area contributed by atoms with Crippen LogP contribution >= 0.6 is 0 Å². The molecule has 0 bridgehead atoms. The van der Waals surface area contributed by atoms with Gasteiger partial charge in [0.15, 0.2) is 11.6 Å². The zero-order chi connectivity index (χ0) is 13.5. The lowest BCUT2D eigenvalue weighted by atomic mass is 10.2. The number of hydrogen-bond donors (Lipinski definition) is 2. The van der Waals surface area contributed by atoms with Crippen LogP contribution in [0.4, 0.5) is 8.78 Å². The molecule has 3 nitrogen and oxygen atoms in total. The monoisotopic (exact) mass is 269 g/mol. The van der Waals surface area contributed by atoms with Gasteiger partial charge >= 0.3 is 0 Å². The van der Waals surface area contributed by atoms with Crippen LogP contribution in [-0.4, -0.2) is 44.2 Å². The average Bonchev–Trinajstić information content (AvgIpc) is 2.43. The summed E-state index contributed by atoms with van der Waals surface area (Å²) in [7, 11) is 0. The Bertz CT molecular complexity index is 392. The van der Waals surface area contributed by atoms with Crippen molar-refractivity contribution in [2.24, 2.45) is 0 Å². The molecule has 1 saturated heterocycles. The number of nitrogens with one attached hydrogen (secondary N) is 2. The van der Waals surface area contributed by atoms with E-state index >= 15 is 0 Å². The molecule has 5 heteroatoms. The summed E-state index contributed by atoms with van der Waals surface area (Å²) < 4.78 is 25.7. The minimum atomic E-state index is -0.789. The summed E-state index contributed by atoms with van der Waals surface area (Å²) in [4.78, 5) is 2.44. The van der Waals surface area contributed by atoms with Crippen molar-refractivity contribution in [3.63, 3.8) is 0 Å². The summed E-state index contributed by atoms with van der Waals surface area (Å²) >= 11 is 0. The topological polar surface area (TPSA) is 27.3 Å². The molecule has 0 spiro atoms. The quantitative estimate of drug-likeness (QED) is 0.763. The fraction of sp³-hybridized carbons (Fsp3) is 0.571. The molecule has 19 heavy (non-hydrogen) atoms. The van der Waals surface area contributed by atoms with Crippen molar-refractivity contribution in [1.29, 1.82) is 0 Å². The van der Waals surface area contributed by atoms with Crippen molar-refractivity contribution in [2.75, 3.05) is 39.3 Å². The van der Waals surface area contributed by atoms with E-state index in [-0.39, 0.29) is 0 Å². The van der Waals surface area contributed by atoms with Crippen LogP contribution in [0.3, 0.4) is 0 Å². The molecular weight excluding hydrogens is 248 g/mol. The maximum atomic E-state index is 13.0. The Balaban J connectivity index is 1.59. The SMILES string of the molecule is Fc1ccc(CNCCCN2CCNCC2)cc1F. The lowest BCUT2D eigenvalue weighted by molar-refractivity contribution is 0.237. The molecule has 0 amide bonds. The molecule has 0 radical (unpaired) electrons. The molecule has 2 N–H and O–H groups in total. The van der Waals surface area contributed by atoms with Gasteiger partial charge in [-0.15, -0.1) is 0 Å². The third kappa shape index (κ3) is 4.86. The first-order chi connectivity index (χ1) is 9.25. The van der Waals surface area contributed by atoms with Crippen molar-refractivity contribution >= 4 is 0 Å². The third-order valence-electron chi connectivity index (χ3n) is 3.35. The number of benzene rings is 1. The molecule has 0 aromatic heterocycles. The van der Waals surface area contributed by atoms with E-state index in [1.807, 2.05) is 0 Å². The Morgan fingerprint density at radius 1 is 1.16 bits per heavy atom. The van der Waals surface area contributed by atoms with E-state index in [9.17, 15) is 8.78 Å². The van der Waals surface area contributed by atoms with Crippen molar-refractivity contribution in [3.05, 3.63) is 35.4 Å². The minimum Gasteiger partial charge on any atom is -0.314 e. The molecule has 2 rings (SSSR count). The van der Waals surface area contributed by atoms with Crippen molar-refractivity contribution < 1.29 is 8.78 Å². The largest absolute Gasteiger partial charge is 0.314 e. The van der Waals surface area contributed by atoms with Gasteiger partial charge in [-0.2, -0.15) is 0 Å². The highest BCUT2D eigenvalue weighted by atomic mass is 19.2. The normalized spacial score (nSPS) is 16.7. The molecule has 1 fully saturated rings. The zero-order valence-corrected chi connectivity index (χ0v) is 11.1. The molecule has 0 aliphatic carbocycles. The van der Waals surface area contributed by atoms with Crippen molar-refractivity contribution in [3.8, 4) is 0 Å². The van der Waals surface area contributed by atoms with Crippen LogP contribution in [0.25, 0.3) is 0 Å². The minimum absolute atomic E-state index is 0.582. The van der Waals surface area contributed by atoms with Gasteiger partial charge in [-0.3, -0.25) is 0 Å². The third-order valence-corrected chi connectivity index (χ3v) is 3.35. The van der Waals surface area contributed by atoms with Gasteiger partial charge in [0.05, 0.1) is 0 Å². The summed E-state index contributed by atoms with van der Waals surface area (Å²) in [6, 6.07) is 4.04. The van der Waals surface area contributed by atoms with E-state index in [0.29, 0.717) is 6.54 Å². The number of halogens is 2. The lowest BCUT2D eigenvalue weighted by Gasteiger charge is -2.27. The van der Waals surface area contributed by atoms with Gasteiger partial charge in [0.25, 0.3) is 0 Å². The Morgan fingerprint density at radius 3 is 2.68 bits per heavy atom. The number of piperazine rings is 1. The van der Waals surface area contributed by atoms with Gasteiger partial charge in [-0.05, 0) is 37.2 Å². The van der Waals surface area contributed by atoms with E-state index in [1.54, 1.807) is 6.07 Å². The second kappa shape index (κ2) is 7.53. The van der Waals surface area contributed by atoms with Crippen LogP contribution in [0.1, 0.15) is 12.0 Å². The second-order valence-corrected chi connectivity index (χ2v) is 4.87. The molecular formula is C14H21F2N3. The van der Waals surface area contributed by atoms with Gasteiger partial charge in [-0.1, -0.05) is 6.07 Å². The first-order valence-electron chi connectivity index (χ1n) is 6.83. The van der Waals surface area contributed by atoms with Gasteiger partial charge in [-0.25, -0.2) is 8.78 Å². The van der Waals surface area contributed by atoms with E-state index in [1.165, 1.54) is 12.1 Å². The number of rotatable bonds is 6. The summed E-state index contributed by atoms with van der Waals surface area (Å²) in [5.41, 5.74) is 0.779. The molecule has 1 aliphatic rings. The maximum Gasteiger partial charge on any atom is 0.159 e. The molecule has 1 aromatic carbocycles. The van der Waals surface area contributed by atoms with Crippen LogP contribution in [-0.2, 0) is 6.54 Å². The second-order valence-electron chi connectivity index (χ2n) is 4.87. The van der Waals surface area contributed by atoms with Crippen molar-refractivity contribution in [1.82, 2.24) is 15.5 Å². The van der Waals surface area contributed by atoms with Gasteiger partial charge < -0.3 is 15.5 Å². The Morgan fingerprint density at radius 2 is 1.95 bits per heavy atom. The van der Waals surface area contributed by atoms with E-state index in [0.717, 1.165) is 51.3 Å². The Hall–Kier alpha value is -1.04. The highest BCUT2D eigenvalue weighted by Crippen LogP contribution is 2.08. The average molecular weight is 269 g/mol. The predicted molar refractivity (Wildman–Crippen MR) is 72.0 cm³/mol. The summed E-state index contributed by atoms with van der Waals surface area (Å²) in [6.07, 6.45) is 1.07. The van der Waals surface area contributed by atoms with Gasteiger partial charge in [0.2, 0.25) is 0 Å². The molecule has 1 heterocycles. The first kappa shape index (κ1) is 14.4. The van der Waals surface area contributed by atoms with E-state index in [2.05, 4.69) is 15.5 Å². The van der Waals surface area contributed by atoms with E-state index in [4.69, 9.17) is 0 Å². The molecule has 106 valence electrons. The molecule has 0 atom stereocenters. The molecule has 0 unspecified atom stereocenters. The van der Waals surface area contributed by atoms with Crippen LogP contribution in [0.15, 0.2) is 18.2 Å². The van der Waals surface area contributed by atoms with Gasteiger partial charge in [0, 0.05) is 32.7 Å². The number of hydrogen-bond acceptors (Lipinski definition) is 3. The fourth-order valence-corrected chi connectivity index (χ4v) is 2.24. The first-order valence-corrected chi connectivity index (χ1v) is 6.83. The van der Waals surface area contributed by atoms with Crippen LogP contribution < -0.4 is 10.6 Å². The highest BCUT2D eigenvalue weighted by Gasteiger charge is 2.08. The molecule has 0 saturated carbocycles. The molecule has 1 aliphatic heterocycles. The highest BCUT2D eigenvalue weighted by molar-refractivity contribution is 5.17. The number of nitrogens with zero attached hydrogens (tertiary/aromatic N) is 1. The predicted octanol–water partition coefficient (Wildman–Crippen LogP) is 1.35. The smallest absolute Gasteiger partial charge is 0.159 e. The summed E-state index contributed by atoms with van der Waals surface area (Å²) in [5.74, 6) is -1.57. The Labute approximate surface area is 113 Å². The van der Waals surface area contributed by atoms with Crippen LogP contribution in [0, 0.1) is 11.6 Å². The van der Waals surface area contributed by atoms with Crippen LogP contribution in [0.5, 0.6) is 0 Å². The Kier molecular flexibility index (Phi) is 5.69.